The highest BCUT2D eigenvalue weighted by atomic mass is 15.1. The summed E-state index contributed by atoms with van der Waals surface area (Å²) in [5.41, 5.74) is 0. The molecule has 1 rings (SSSR count). The molecule has 1 aromatic heterocycles. The first-order chi connectivity index (χ1) is 5.74. The van der Waals surface area contributed by atoms with Crippen LogP contribution in [0.1, 0.15) is 6.92 Å². The minimum absolute atomic E-state index is 0.946. The minimum atomic E-state index is 0.946. The molecule has 0 aliphatic carbocycles. The second-order valence-corrected chi connectivity index (χ2v) is 2.75. The molecule has 0 spiro atoms. The second kappa shape index (κ2) is 3.90. The lowest BCUT2D eigenvalue weighted by atomic mass is 10.4. The number of nitrogens with zero attached hydrogens (tertiary/aromatic N) is 2. The Hall–Kier alpha value is -1.31. The molecule has 1 heterocycles. The van der Waals surface area contributed by atoms with Crippen molar-refractivity contribution in [2.45, 2.75) is 6.92 Å². The number of pyridine rings is 1. The summed E-state index contributed by atoms with van der Waals surface area (Å²) in [4.78, 5) is 6.29. The van der Waals surface area contributed by atoms with Gasteiger partial charge in [-0.3, -0.25) is 4.98 Å². The third-order valence-corrected chi connectivity index (χ3v) is 1.77. The van der Waals surface area contributed by atoms with E-state index in [1.807, 2.05) is 25.4 Å². The molecule has 0 aromatic carbocycles. The molecule has 0 N–H and O–H groups in total. The lowest BCUT2D eigenvalue weighted by molar-refractivity contribution is 0.525. The molecule has 0 saturated carbocycles. The van der Waals surface area contributed by atoms with Gasteiger partial charge in [-0.05, 0) is 18.2 Å². The summed E-state index contributed by atoms with van der Waals surface area (Å²) < 4.78 is 0. The highest BCUT2D eigenvalue weighted by Crippen LogP contribution is 1.77. The Kier molecular flexibility index (Phi) is 2.86. The molecule has 2 heteroatoms. The third kappa shape index (κ3) is 2.09. The molecule has 12 heavy (non-hydrogen) atoms. The van der Waals surface area contributed by atoms with Gasteiger partial charge < -0.3 is 4.90 Å². The lowest BCUT2D eigenvalue weighted by Gasteiger charge is -2.08. The predicted molar refractivity (Wildman–Crippen MR) is 51.8 cm³/mol. The van der Waals surface area contributed by atoms with Gasteiger partial charge in [-0.2, -0.15) is 0 Å². The lowest BCUT2D eigenvalue weighted by Crippen LogP contribution is -2.29. The van der Waals surface area contributed by atoms with Crippen molar-refractivity contribution in [2.24, 2.45) is 0 Å². The molecule has 0 bridgehead atoms. The smallest absolute Gasteiger partial charge is 0.0854 e. The molecule has 64 valence electrons. The van der Waals surface area contributed by atoms with Gasteiger partial charge >= 0.3 is 0 Å². The zero-order valence-corrected chi connectivity index (χ0v) is 7.62. The van der Waals surface area contributed by atoms with Crippen LogP contribution in [0.15, 0.2) is 18.3 Å². The molecule has 2 nitrogen and oxygen atoms in total. The van der Waals surface area contributed by atoms with Gasteiger partial charge in [0.25, 0.3) is 0 Å². The minimum Gasteiger partial charge on any atom is -0.379 e. The summed E-state index contributed by atoms with van der Waals surface area (Å²) in [6, 6.07) is 3.86. The van der Waals surface area contributed by atoms with Gasteiger partial charge in [-0.25, -0.2) is 0 Å². The van der Waals surface area contributed by atoms with Crippen molar-refractivity contribution >= 4 is 12.8 Å². The molecule has 0 unspecified atom stereocenters. The molecule has 0 aliphatic heterocycles. The van der Waals surface area contributed by atoms with Gasteiger partial charge in [-0.1, -0.05) is 12.6 Å². The van der Waals surface area contributed by atoms with Crippen molar-refractivity contribution in [2.75, 3.05) is 13.6 Å². The van der Waals surface area contributed by atoms with E-state index in [9.17, 15) is 0 Å². The van der Waals surface area contributed by atoms with Gasteiger partial charge in [0, 0.05) is 26.0 Å². The van der Waals surface area contributed by atoms with Crippen molar-refractivity contribution in [3.63, 3.8) is 0 Å². The molecular formula is C10H14N2. The zero-order valence-electron chi connectivity index (χ0n) is 7.62. The maximum Gasteiger partial charge on any atom is 0.0854 e. The van der Waals surface area contributed by atoms with E-state index in [4.69, 9.17) is 0 Å². The Morgan fingerprint density at radius 3 is 3.00 bits per heavy atom. The van der Waals surface area contributed by atoms with Gasteiger partial charge in [0.2, 0.25) is 0 Å². The van der Waals surface area contributed by atoms with Crippen molar-refractivity contribution in [3.05, 3.63) is 28.9 Å². The van der Waals surface area contributed by atoms with Gasteiger partial charge in [0.05, 0.1) is 5.35 Å². The molecule has 0 fully saturated rings. The second-order valence-electron chi connectivity index (χ2n) is 2.75. The van der Waals surface area contributed by atoms with Crippen LogP contribution in [-0.2, 0) is 0 Å². The molecule has 1 aromatic rings. The number of aromatic nitrogens is 1. The molecular weight excluding hydrogens is 148 g/mol. The maximum absolute atomic E-state index is 4.21. The average molecular weight is 162 g/mol. The summed E-state index contributed by atoms with van der Waals surface area (Å²) >= 11 is 0. The number of hydrogen-bond donors (Lipinski definition) is 0. The van der Waals surface area contributed by atoms with Crippen molar-refractivity contribution in [1.29, 1.82) is 0 Å². The van der Waals surface area contributed by atoms with E-state index < -0.39 is 0 Å². The summed E-state index contributed by atoms with van der Waals surface area (Å²) in [6.07, 6.45) is 3.78. The van der Waals surface area contributed by atoms with E-state index in [1.165, 1.54) is 0 Å². The Labute approximate surface area is 72.9 Å². The van der Waals surface area contributed by atoms with E-state index >= 15 is 0 Å². The van der Waals surface area contributed by atoms with Gasteiger partial charge in [-0.15, -0.1) is 0 Å². The number of rotatable bonds is 2. The highest BCUT2D eigenvalue weighted by molar-refractivity contribution is 5.19. The van der Waals surface area contributed by atoms with E-state index in [1.54, 1.807) is 6.20 Å². The summed E-state index contributed by atoms with van der Waals surface area (Å²) in [5, 5.41) is 1.92. The van der Waals surface area contributed by atoms with E-state index in [2.05, 4.69) is 23.4 Å². The van der Waals surface area contributed by atoms with Crippen LogP contribution in [-0.4, -0.2) is 23.5 Å². The first kappa shape index (κ1) is 8.78. The fourth-order valence-corrected chi connectivity index (χ4v) is 0.867. The Morgan fingerprint density at radius 2 is 2.42 bits per heavy atom. The molecule has 0 radical (unpaired) electrons. The molecule has 0 amide bonds. The fraction of sp³-hybridized carbons (Fsp3) is 0.300. The third-order valence-electron chi connectivity index (χ3n) is 1.77. The Balaban J connectivity index is 3.10. The van der Waals surface area contributed by atoms with Crippen LogP contribution in [0.5, 0.6) is 0 Å². The van der Waals surface area contributed by atoms with Gasteiger partial charge in [0.15, 0.2) is 0 Å². The normalized spacial score (nSPS) is 11.7. The van der Waals surface area contributed by atoms with Crippen LogP contribution in [0.25, 0.3) is 12.8 Å². The average Bonchev–Trinajstić information content (AvgIpc) is 2.09. The van der Waals surface area contributed by atoms with E-state index in [0.717, 1.165) is 17.1 Å². The van der Waals surface area contributed by atoms with Crippen LogP contribution in [0.3, 0.4) is 0 Å². The van der Waals surface area contributed by atoms with Crippen molar-refractivity contribution < 1.29 is 0 Å². The summed E-state index contributed by atoms with van der Waals surface area (Å²) in [7, 11) is 2.02. The van der Waals surface area contributed by atoms with Crippen LogP contribution < -0.4 is 10.6 Å². The zero-order chi connectivity index (χ0) is 8.97. The monoisotopic (exact) mass is 162 g/mol. The highest BCUT2D eigenvalue weighted by Gasteiger charge is 1.86. The number of hydrogen-bond acceptors (Lipinski definition) is 2. The Bertz CT molecular complexity index is 343. The summed E-state index contributed by atoms with van der Waals surface area (Å²) in [6.45, 7) is 6.97. The van der Waals surface area contributed by atoms with Gasteiger partial charge in [0.1, 0.15) is 0 Å². The van der Waals surface area contributed by atoms with Crippen molar-refractivity contribution in [1.82, 2.24) is 9.88 Å². The standard InChI is InChI=1S/C10H14N2/c1-4-12(3)8-10-9(2)6-5-7-11-10/h5-8H,2,4H2,1,3H3. The van der Waals surface area contributed by atoms with E-state index in [-0.39, 0.29) is 0 Å². The van der Waals surface area contributed by atoms with Crippen LogP contribution in [0.2, 0.25) is 0 Å². The topological polar surface area (TPSA) is 16.1 Å². The fourth-order valence-electron chi connectivity index (χ4n) is 0.867. The first-order valence-electron chi connectivity index (χ1n) is 4.06. The van der Waals surface area contributed by atoms with Crippen LogP contribution in [0.4, 0.5) is 0 Å². The van der Waals surface area contributed by atoms with E-state index in [0.29, 0.717) is 0 Å². The first-order valence-corrected chi connectivity index (χ1v) is 4.06. The Morgan fingerprint density at radius 1 is 1.67 bits per heavy atom. The largest absolute Gasteiger partial charge is 0.379 e. The quantitative estimate of drug-likeness (QED) is 0.617. The van der Waals surface area contributed by atoms with Crippen LogP contribution in [0, 0.1) is 0 Å². The SMILES string of the molecule is C=c1cccnc1=CN(C)CC. The molecule has 0 aliphatic rings. The van der Waals surface area contributed by atoms with Crippen LogP contribution >= 0.6 is 0 Å². The predicted octanol–water partition coefficient (Wildman–Crippen LogP) is 0.182. The summed E-state index contributed by atoms with van der Waals surface area (Å²) in [5.74, 6) is 0. The molecule has 0 saturated heterocycles. The van der Waals surface area contributed by atoms with Crippen molar-refractivity contribution in [3.8, 4) is 0 Å². The molecule has 0 atom stereocenters. The maximum atomic E-state index is 4.21.